The van der Waals surface area contributed by atoms with Crippen LogP contribution in [0.5, 0.6) is 0 Å². The fraction of sp³-hybridized carbons (Fsp3) is 0.269. The number of aryl methyl sites for hydroxylation is 3. The van der Waals surface area contributed by atoms with Crippen LogP contribution in [0.15, 0.2) is 41.5 Å². The van der Waals surface area contributed by atoms with Crippen molar-refractivity contribution in [3.05, 3.63) is 86.7 Å². The lowest BCUT2D eigenvalue weighted by atomic mass is 10.1. The van der Waals surface area contributed by atoms with Crippen molar-refractivity contribution in [1.82, 2.24) is 24.2 Å². The van der Waals surface area contributed by atoms with Crippen LogP contribution in [0, 0.1) is 30.9 Å². The smallest absolute Gasteiger partial charge is 0.338 e. The fourth-order valence-corrected chi connectivity index (χ4v) is 4.78. The number of halogens is 2. The molecule has 4 aromatic rings. The molecule has 3 heterocycles. The number of nitrogens with zero attached hydrogens (tertiary/aromatic N) is 4. The zero-order valence-corrected chi connectivity index (χ0v) is 20.3. The van der Waals surface area contributed by atoms with Crippen LogP contribution in [0.4, 0.5) is 14.5 Å². The van der Waals surface area contributed by atoms with Gasteiger partial charge < -0.3 is 16.0 Å². The van der Waals surface area contributed by atoms with E-state index in [1.54, 1.807) is 50.0 Å². The van der Waals surface area contributed by atoms with Crippen LogP contribution in [0.25, 0.3) is 17.2 Å². The molecule has 0 saturated carbocycles. The van der Waals surface area contributed by atoms with E-state index in [1.165, 1.54) is 21.4 Å². The summed E-state index contributed by atoms with van der Waals surface area (Å²) in [6, 6.07) is 6.55. The highest BCUT2D eigenvalue weighted by Crippen LogP contribution is 2.28. The molecule has 36 heavy (non-hydrogen) atoms. The maximum absolute atomic E-state index is 15.3. The van der Waals surface area contributed by atoms with E-state index >= 15 is 4.39 Å². The van der Waals surface area contributed by atoms with Crippen LogP contribution in [0.3, 0.4) is 0 Å². The number of anilines is 1. The SMILES string of the molecule is CNc1ccc(-n2ccn(-c3c4c(nn3-c3cc(C)c(F)c(C)c3)CCCNC4)c2=O)c(F)c1C=N.[HH]. The Labute approximate surface area is 208 Å². The second kappa shape index (κ2) is 9.19. The third kappa shape index (κ3) is 3.74. The molecule has 0 spiro atoms. The van der Waals surface area contributed by atoms with E-state index < -0.39 is 11.5 Å². The average Bonchev–Trinajstić information content (AvgIpc) is 3.32. The molecule has 10 heteroatoms. The zero-order chi connectivity index (χ0) is 25.6. The monoisotopic (exact) mass is 493 g/mol. The highest BCUT2D eigenvalue weighted by Gasteiger charge is 2.25. The maximum Gasteiger partial charge on any atom is 0.338 e. The molecule has 5 rings (SSSR count). The normalized spacial score (nSPS) is 13.4. The number of imidazole rings is 1. The molecule has 2 aromatic heterocycles. The topological polar surface area (TPSA) is 92.7 Å². The van der Waals surface area contributed by atoms with Gasteiger partial charge in [-0.25, -0.2) is 18.3 Å². The van der Waals surface area contributed by atoms with Crippen molar-refractivity contribution in [2.45, 2.75) is 33.2 Å². The third-order valence-electron chi connectivity index (χ3n) is 6.61. The van der Waals surface area contributed by atoms with Crippen molar-refractivity contribution >= 4 is 11.9 Å². The minimum atomic E-state index is -0.671. The summed E-state index contributed by atoms with van der Waals surface area (Å²) < 4.78 is 34.0. The Morgan fingerprint density at radius 3 is 2.56 bits per heavy atom. The van der Waals surface area contributed by atoms with Gasteiger partial charge >= 0.3 is 5.69 Å². The van der Waals surface area contributed by atoms with Crippen molar-refractivity contribution in [3.8, 4) is 17.2 Å². The molecule has 188 valence electrons. The van der Waals surface area contributed by atoms with Crippen molar-refractivity contribution in [2.24, 2.45) is 0 Å². The lowest BCUT2D eigenvalue weighted by Crippen LogP contribution is -2.26. The molecule has 0 radical (unpaired) electrons. The van der Waals surface area contributed by atoms with E-state index in [4.69, 9.17) is 10.5 Å². The van der Waals surface area contributed by atoms with E-state index in [1.807, 2.05) is 0 Å². The van der Waals surface area contributed by atoms with Crippen LogP contribution >= 0.6 is 0 Å². The van der Waals surface area contributed by atoms with Crippen molar-refractivity contribution in [2.75, 3.05) is 18.9 Å². The minimum Gasteiger partial charge on any atom is -0.388 e. The maximum atomic E-state index is 15.3. The second-order valence-electron chi connectivity index (χ2n) is 8.91. The van der Waals surface area contributed by atoms with Crippen LogP contribution in [-0.2, 0) is 13.0 Å². The highest BCUT2D eigenvalue weighted by molar-refractivity contribution is 5.87. The predicted octanol–water partition coefficient (Wildman–Crippen LogP) is 4.03. The number of rotatable bonds is 5. The number of benzene rings is 2. The summed E-state index contributed by atoms with van der Waals surface area (Å²) >= 11 is 0. The number of hydrogen-bond acceptors (Lipinski definition) is 5. The summed E-state index contributed by atoms with van der Waals surface area (Å²) in [4.78, 5) is 13.7. The molecule has 0 fully saturated rings. The zero-order valence-electron chi connectivity index (χ0n) is 20.3. The van der Waals surface area contributed by atoms with Gasteiger partial charge in [0.15, 0.2) is 5.82 Å². The summed E-state index contributed by atoms with van der Waals surface area (Å²) in [5.74, 6) is -0.412. The summed E-state index contributed by atoms with van der Waals surface area (Å²) in [6.45, 7) is 4.74. The van der Waals surface area contributed by atoms with Gasteiger partial charge in [0.2, 0.25) is 0 Å². The molecule has 0 aliphatic carbocycles. The average molecular weight is 494 g/mol. The summed E-state index contributed by atoms with van der Waals surface area (Å²) in [5.41, 5.74) is 3.43. The number of hydrogen-bond donors (Lipinski definition) is 3. The van der Waals surface area contributed by atoms with E-state index in [-0.39, 0.29) is 18.5 Å². The van der Waals surface area contributed by atoms with Gasteiger partial charge in [-0.1, -0.05) is 0 Å². The Hall–Kier alpha value is -4.05. The van der Waals surface area contributed by atoms with Crippen LogP contribution in [-0.4, -0.2) is 38.7 Å². The van der Waals surface area contributed by atoms with Crippen LogP contribution in [0.1, 0.15) is 35.8 Å². The quantitative estimate of drug-likeness (QED) is 0.366. The van der Waals surface area contributed by atoms with Crippen LogP contribution in [0.2, 0.25) is 0 Å². The molecule has 8 nitrogen and oxygen atoms in total. The first-order chi connectivity index (χ1) is 17.3. The van der Waals surface area contributed by atoms with Gasteiger partial charge in [0.25, 0.3) is 0 Å². The summed E-state index contributed by atoms with van der Waals surface area (Å²) in [6.07, 6.45) is 5.64. The molecule has 0 amide bonds. The molecule has 0 atom stereocenters. The standard InChI is InChI=1S/C26H27F2N7O.H2/c1-15-11-17(12-16(2)23(15)27)35-25(19-14-31-8-4-5-21(19)32-35)34-10-9-33(26(34)36)22-7-6-20(30-3)18(13-29)24(22)28;/h6-7,9-13,29-31H,4-5,8,14H2,1-3H3;1H. The molecule has 0 unspecified atom stereocenters. The molecular formula is C26H29F2N7O. The Bertz CT molecular complexity index is 1530. The van der Waals surface area contributed by atoms with Gasteiger partial charge in [-0.3, -0.25) is 9.13 Å². The minimum absolute atomic E-state index is 0. The summed E-state index contributed by atoms with van der Waals surface area (Å²) in [5, 5.41) is 18.7. The predicted molar refractivity (Wildman–Crippen MR) is 137 cm³/mol. The van der Waals surface area contributed by atoms with E-state index in [0.29, 0.717) is 34.9 Å². The molecular weight excluding hydrogens is 464 g/mol. The van der Waals surface area contributed by atoms with Gasteiger partial charge in [-0.15, -0.1) is 0 Å². The van der Waals surface area contributed by atoms with Crippen molar-refractivity contribution < 1.29 is 10.2 Å². The fourth-order valence-electron chi connectivity index (χ4n) is 4.78. The highest BCUT2D eigenvalue weighted by atomic mass is 19.1. The second-order valence-corrected chi connectivity index (χ2v) is 8.91. The Balaban J connectivity index is 0.00000320. The van der Waals surface area contributed by atoms with Crippen molar-refractivity contribution in [1.29, 1.82) is 5.41 Å². The van der Waals surface area contributed by atoms with Gasteiger partial charge in [-0.05, 0) is 68.6 Å². The first kappa shape index (κ1) is 23.7. The number of fused-ring (bicyclic) bond motifs is 1. The van der Waals surface area contributed by atoms with Gasteiger partial charge in [0, 0.05) is 44.9 Å². The van der Waals surface area contributed by atoms with E-state index in [0.717, 1.165) is 36.9 Å². The van der Waals surface area contributed by atoms with E-state index in [9.17, 15) is 9.18 Å². The van der Waals surface area contributed by atoms with Crippen LogP contribution < -0.4 is 16.3 Å². The first-order valence-corrected chi connectivity index (χ1v) is 11.8. The molecule has 3 N–H and O–H groups in total. The number of nitrogens with one attached hydrogen (secondary N) is 3. The van der Waals surface area contributed by atoms with Gasteiger partial charge in [0.1, 0.15) is 11.6 Å². The molecule has 0 bridgehead atoms. The molecule has 2 aromatic carbocycles. The molecule has 0 saturated heterocycles. The Morgan fingerprint density at radius 1 is 1.14 bits per heavy atom. The van der Waals surface area contributed by atoms with E-state index in [2.05, 4.69) is 10.6 Å². The summed E-state index contributed by atoms with van der Waals surface area (Å²) in [7, 11) is 1.64. The van der Waals surface area contributed by atoms with Crippen molar-refractivity contribution in [3.63, 3.8) is 0 Å². The van der Waals surface area contributed by atoms with Gasteiger partial charge in [0.05, 0.1) is 22.6 Å². The Kier molecular flexibility index (Phi) is 6.05. The molecule has 1 aliphatic rings. The lowest BCUT2D eigenvalue weighted by molar-refractivity contribution is 0.607. The first-order valence-electron chi connectivity index (χ1n) is 11.8. The Morgan fingerprint density at radius 2 is 1.86 bits per heavy atom. The lowest BCUT2D eigenvalue weighted by Gasteiger charge is -2.13. The molecule has 1 aliphatic heterocycles. The number of aromatic nitrogens is 4. The van der Waals surface area contributed by atoms with Gasteiger partial charge in [-0.2, -0.15) is 5.10 Å². The third-order valence-corrected chi connectivity index (χ3v) is 6.61. The largest absolute Gasteiger partial charge is 0.388 e.